The molecular formula is C14H21BN3O4. The van der Waals surface area contributed by atoms with Gasteiger partial charge in [-0.15, -0.1) is 0 Å². The number of aryl methyl sites for hydroxylation is 2. The standard InChI is InChI=1S/C14H21BN3O4/c1-8-5-6-12(7-9(8)2)18-14(20)16-10(3)13(19)17-11(4)15-22-21/h5-7,10-11,21H,1-4H3,(H,17,19)(H2,16,18,20). The van der Waals surface area contributed by atoms with Crippen LogP contribution in [-0.2, 0) is 9.60 Å². The Bertz CT molecular complexity index is 539. The van der Waals surface area contributed by atoms with Gasteiger partial charge in [-0.2, -0.15) is 0 Å². The summed E-state index contributed by atoms with van der Waals surface area (Å²) >= 11 is 0. The Balaban J connectivity index is 2.49. The zero-order valence-corrected chi connectivity index (χ0v) is 13.1. The van der Waals surface area contributed by atoms with E-state index in [2.05, 4.69) is 20.8 Å². The molecule has 1 rings (SSSR count). The van der Waals surface area contributed by atoms with Crippen molar-refractivity contribution >= 4 is 25.1 Å². The van der Waals surface area contributed by atoms with Crippen LogP contribution in [0.5, 0.6) is 0 Å². The summed E-state index contributed by atoms with van der Waals surface area (Å²) in [6, 6.07) is 4.35. The Morgan fingerprint density at radius 3 is 2.45 bits per heavy atom. The van der Waals surface area contributed by atoms with E-state index in [0.29, 0.717) is 5.69 Å². The molecule has 2 unspecified atom stereocenters. The van der Waals surface area contributed by atoms with Crippen LogP contribution in [0.4, 0.5) is 10.5 Å². The van der Waals surface area contributed by atoms with Gasteiger partial charge in [-0.1, -0.05) is 6.07 Å². The molecular weight excluding hydrogens is 285 g/mol. The maximum atomic E-state index is 11.9. The monoisotopic (exact) mass is 306 g/mol. The van der Waals surface area contributed by atoms with Crippen LogP contribution < -0.4 is 16.0 Å². The van der Waals surface area contributed by atoms with E-state index in [1.165, 1.54) is 0 Å². The predicted molar refractivity (Wildman–Crippen MR) is 84.6 cm³/mol. The van der Waals surface area contributed by atoms with Gasteiger partial charge in [0.1, 0.15) is 6.04 Å². The smallest absolute Gasteiger partial charge is 0.357 e. The van der Waals surface area contributed by atoms with Crippen LogP contribution in [0, 0.1) is 13.8 Å². The minimum atomic E-state index is -0.735. The lowest BCUT2D eigenvalue weighted by Gasteiger charge is -2.17. The number of benzene rings is 1. The van der Waals surface area contributed by atoms with Crippen LogP contribution in [0.2, 0.25) is 0 Å². The highest BCUT2D eigenvalue weighted by atomic mass is 17.1. The van der Waals surface area contributed by atoms with Gasteiger partial charge >= 0.3 is 13.5 Å². The molecule has 0 saturated carbocycles. The van der Waals surface area contributed by atoms with Gasteiger partial charge in [-0.05, 0) is 51.0 Å². The van der Waals surface area contributed by atoms with Crippen LogP contribution >= 0.6 is 0 Å². The highest BCUT2D eigenvalue weighted by molar-refractivity contribution is 6.29. The third-order valence-electron chi connectivity index (χ3n) is 3.14. The first kappa shape index (κ1) is 18.0. The third kappa shape index (κ3) is 5.75. The van der Waals surface area contributed by atoms with Crippen molar-refractivity contribution < 1.29 is 19.7 Å². The lowest BCUT2D eigenvalue weighted by Crippen LogP contribution is -2.50. The first-order valence-electron chi connectivity index (χ1n) is 6.92. The number of anilines is 1. The molecule has 8 heteroatoms. The minimum Gasteiger partial charge on any atom is -0.357 e. The quantitative estimate of drug-likeness (QED) is 0.362. The zero-order valence-electron chi connectivity index (χ0n) is 13.1. The number of carbonyl (C=O) groups excluding carboxylic acids is 2. The van der Waals surface area contributed by atoms with Gasteiger partial charge in [0.15, 0.2) is 0 Å². The average molecular weight is 306 g/mol. The predicted octanol–water partition coefficient (Wildman–Crippen LogP) is 1.38. The third-order valence-corrected chi connectivity index (χ3v) is 3.14. The fourth-order valence-corrected chi connectivity index (χ4v) is 1.72. The molecule has 7 nitrogen and oxygen atoms in total. The molecule has 2 atom stereocenters. The molecule has 0 bridgehead atoms. The van der Waals surface area contributed by atoms with E-state index < -0.39 is 23.9 Å². The maximum Gasteiger partial charge on any atom is 0.367 e. The van der Waals surface area contributed by atoms with E-state index in [0.717, 1.165) is 18.6 Å². The number of amides is 3. The Morgan fingerprint density at radius 1 is 1.18 bits per heavy atom. The molecule has 3 amide bonds. The molecule has 1 aromatic rings. The van der Waals surface area contributed by atoms with Gasteiger partial charge < -0.3 is 20.8 Å². The fraction of sp³-hybridized carbons (Fsp3) is 0.429. The van der Waals surface area contributed by atoms with E-state index >= 15 is 0 Å². The van der Waals surface area contributed by atoms with E-state index in [-0.39, 0.29) is 0 Å². The molecule has 0 saturated heterocycles. The Kier molecular flexibility index (Phi) is 6.87. The fourth-order valence-electron chi connectivity index (χ4n) is 1.72. The highest BCUT2D eigenvalue weighted by Crippen LogP contribution is 2.13. The van der Waals surface area contributed by atoms with Crippen molar-refractivity contribution in [1.29, 1.82) is 0 Å². The van der Waals surface area contributed by atoms with Crippen molar-refractivity contribution in [3.63, 3.8) is 0 Å². The van der Waals surface area contributed by atoms with Crippen LogP contribution in [0.25, 0.3) is 0 Å². The molecule has 22 heavy (non-hydrogen) atoms. The van der Waals surface area contributed by atoms with Crippen LogP contribution in [0.1, 0.15) is 25.0 Å². The maximum absolute atomic E-state index is 11.9. The summed E-state index contributed by atoms with van der Waals surface area (Å²) < 4.78 is 0. The zero-order chi connectivity index (χ0) is 16.7. The second-order valence-electron chi connectivity index (χ2n) is 5.16. The van der Waals surface area contributed by atoms with Gasteiger partial charge in [0, 0.05) is 11.6 Å². The van der Waals surface area contributed by atoms with Crippen molar-refractivity contribution in [2.24, 2.45) is 0 Å². The Morgan fingerprint density at radius 2 is 1.86 bits per heavy atom. The highest BCUT2D eigenvalue weighted by Gasteiger charge is 2.18. The summed E-state index contributed by atoms with van der Waals surface area (Å²) in [6.07, 6.45) is 0. The van der Waals surface area contributed by atoms with E-state index in [9.17, 15) is 9.59 Å². The van der Waals surface area contributed by atoms with Crippen LogP contribution in [-0.4, -0.2) is 36.7 Å². The summed E-state index contributed by atoms with van der Waals surface area (Å²) in [5.74, 6) is -0.874. The molecule has 4 N–H and O–H groups in total. The van der Waals surface area contributed by atoms with Crippen molar-refractivity contribution in [3.8, 4) is 0 Å². The lowest BCUT2D eigenvalue weighted by atomic mass is 9.90. The average Bonchev–Trinajstić information content (AvgIpc) is 2.42. The van der Waals surface area contributed by atoms with Crippen molar-refractivity contribution in [2.45, 2.75) is 39.7 Å². The Hall–Kier alpha value is -2.06. The van der Waals surface area contributed by atoms with Crippen molar-refractivity contribution in [3.05, 3.63) is 29.3 Å². The van der Waals surface area contributed by atoms with Crippen LogP contribution in [0.3, 0.4) is 0 Å². The SMILES string of the molecule is Cc1ccc(NC(=O)NC(C)C(=O)NC(C)[B]OO)cc1C. The number of carbonyl (C=O) groups is 2. The van der Waals surface area contributed by atoms with E-state index in [1.807, 2.05) is 26.0 Å². The first-order chi connectivity index (χ1) is 10.3. The number of hydrogen-bond donors (Lipinski definition) is 4. The van der Waals surface area contributed by atoms with Gasteiger partial charge in [0.05, 0.1) is 0 Å². The van der Waals surface area contributed by atoms with Crippen LogP contribution in [0.15, 0.2) is 18.2 Å². The summed E-state index contributed by atoms with van der Waals surface area (Å²) in [7, 11) is 1.06. The van der Waals surface area contributed by atoms with Crippen molar-refractivity contribution in [2.75, 3.05) is 5.32 Å². The molecule has 1 radical (unpaired) electrons. The van der Waals surface area contributed by atoms with Gasteiger partial charge in [-0.25, -0.2) is 4.79 Å². The van der Waals surface area contributed by atoms with Gasteiger partial charge in [0.25, 0.3) is 0 Å². The van der Waals surface area contributed by atoms with E-state index in [4.69, 9.17) is 5.26 Å². The summed E-state index contributed by atoms with van der Waals surface area (Å²) in [4.78, 5) is 27.5. The minimum absolute atomic E-state index is 0.393. The summed E-state index contributed by atoms with van der Waals surface area (Å²) in [5, 5.41) is 16.0. The first-order valence-corrected chi connectivity index (χ1v) is 6.92. The molecule has 1 aromatic carbocycles. The largest absolute Gasteiger partial charge is 0.367 e. The molecule has 0 fully saturated rings. The van der Waals surface area contributed by atoms with Gasteiger partial charge in [0.2, 0.25) is 5.91 Å². The molecule has 0 heterocycles. The molecule has 0 aliphatic rings. The molecule has 0 aliphatic carbocycles. The molecule has 119 valence electrons. The number of hydrogen-bond acceptors (Lipinski definition) is 4. The summed E-state index contributed by atoms with van der Waals surface area (Å²) in [6.45, 7) is 7.12. The topological polar surface area (TPSA) is 99.7 Å². The number of rotatable bonds is 6. The van der Waals surface area contributed by atoms with Gasteiger partial charge in [-0.3, -0.25) is 10.1 Å². The second kappa shape index (κ2) is 8.40. The van der Waals surface area contributed by atoms with Crippen molar-refractivity contribution in [1.82, 2.24) is 10.6 Å². The Labute approximate surface area is 130 Å². The van der Waals surface area contributed by atoms with E-state index in [1.54, 1.807) is 19.9 Å². The molecule has 0 spiro atoms. The second-order valence-corrected chi connectivity index (χ2v) is 5.16. The molecule has 0 aromatic heterocycles. The number of nitrogens with one attached hydrogen (secondary N) is 3. The summed E-state index contributed by atoms with van der Waals surface area (Å²) in [5.41, 5.74) is 2.86. The lowest BCUT2D eigenvalue weighted by molar-refractivity contribution is -0.140. The molecule has 0 aliphatic heterocycles. The number of urea groups is 1. The normalized spacial score (nSPS) is 13.0.